The third-order valence-corrected chi connectivity index (χ3v) is 2.32. The Morgan fingerprint density at radius 1 is 1.56 bits per heavy atom. The van der Waals surface area contributed by atoms with Crippen molar-refractivity contribution < 1.29 is 14.8 Å². The maximum atomic E-state index is 11.1. The Morgan fingerprint density at radius 2 is 2.28 bits per heavy atom. The minimum absolute atomic E-state index is 0.0914. The fourth-order valence-corrected chi connectivity index (χ4v) is 1.47. The third kappa shape index (κ3) is 3.59. The molecule has 1 aromatic rings. The maximum Gasteiger partial charge on any atom is 0.333 e. The molecule has 18 heavy (non-hydrogen) atoms. The highest BCUT2D eigenvalue weighted by Crippen LogP contribution is 2.35. The minimum atomic E-state index is -0.475. The predicted molar refractivity (Wildman–Crippen MR) is 69.1 cm³/mol. The summed E-state index contributed by atoms with van der Waals surface area (Å²) in [6.07, 6.45) is 0.780. The van der Waals surface area contributed by atoms with Crippen molar-refractivity contribution in [3.63, 3.8) is 0 Å². The number of anilines is 1. The summed E-state index contributed by atoms with van der Waals surface area (Å²) >= 11 is 0. The van der Waals surface area contributed by atoms with Crippen LogP contribution in [0.15, 0.2) is 18.2 Å². The number of hydrogen-bond donors (Lipinski definition) is 2. The van der Waals surface area contributed by atoms with Crippen LogP contribution in [0, 0.1) is 10.1 Å². The van der Waals surface area contributed by atoms with Gasteiger partial charge < -0.3 is 15.2 Å². The zero-order valence-electron chi connectivity index (χ0n) is 10.5. The number of hydrogen-bond acceptors (Lipinski definition) is 5. The van der Waals surface area contributed by atoms with Crippen LogP contribution in [0.5, 0.6) is 5.75 Å². The molecule has 0 saturated heterocycles. The van der Waals surface area contributed by atoms with Crippen molar-refractivity contribution in [3.05, 3.63) is 28.3 Å². The standard InChI is InChI=1S/C12H18N2O4/c1-3-7-18-11-6-4-5-10(12(11)14(16)17)13-9(2)8-15/h4-6,9,13,15H,3,7-8H2,1-2H3. The number of nitrogens with zero attached hydrogens (tertiary/aromatic N) is 1. The van der Waals surface area contributed by atoms with Gasteiger partial charge in [-0.15, -0.1) is 0 Å². The van der Waals surface area contributed by atoms with Gasteiger partial charge in [0.25, 0.3) is 0 Å². The summed E-state index contributed by atoms with van der Waals surface area (Å²) in [6.45, 7) is 4.00. The van der Waals surface area contributed by atoms with Crippen molar-refractivity contribution in [2.75, 3.05) is 18.5 Å². The first kappa shape index (κ1) is 14.2. The maximum absolute atomic E-state index is 11.1. The SMILES string of the molecule is CCCOc1cccc(NC(C)CO)c1[N+](=O)[O-]. The first-order valence-electron chi connectivity index (χ1n) is 5.87. The highest BCUT2D eigenvalue weighted by Gasteiger charge is 2.21. The lowest BCUT2D eigenvalue weighted by atomic mass is 10.2. The number of rotatable bonds is 7. The molecule has 0 saturated carbocycles. The van der Waals surface area contributed by atoms with Gasteiger partial charge in [0, 0.05) is 6.04 Å². The van der Waals surface area contributed by atoms with E-state index in [0.717, 1.165) is 6.42 Å². The molecule has 0 aliphatic carbocycles. The van der Waals surface area contributed by atoms with Crippen LogP contribution in [0.3, 0.4) is 0 Å². The molecule has 0 spiro atoms. The second-order valence-electron chi connectivity index (χ2n) is 3.99. The largest absolute Gasteiger partial charge is 0.487 e. The quantitative estimate of drug-likeness (QED) is 0.575. The van der Waals surface area contributed by atoms with Gasteiger partial charge in [0.05, 0.1) is 18.1 Å². The van der Waals surface area contributed by atoms with Crippen LogP contribution in [0.25, 0.3) is 0 Å². The van der Waals surface area contributed by atoms with E-state index in [2.05, 4.69) is 5.32 Å². The lowest BCUT2D eigenvalue weighted by Gasteiger charge is -2.14. The van der Waals surface area contributed by atoms with E-state index in [1.165, 1.54) is 0 Å². The zero-order valence-corrected chi connectivity index (χ0v) is 10.5. The summed E-state index contributed by atoms with van der Waals surface area (Å²) in [5.74, 6) is 0.247. The highest BCUT2D eigenvalue weighted by molar-refractivity contribution is 5.68. The van der Waals surface area contributed by atoms with Gasteiger partial charge in [-0.05, 0) is 25.5 Å². The normalized spacial score (nSPS) is 11.9. The van der Waals surface area contributed by atoms with Crippen molar-refractivity contribution in [1.82, 2.24) is 0 Å². The van der Waals surface area contributed by atoms with E-state index in [0.29, 0.717) is 12.3 Å². The smallest absolute Gasteiger partial charge is 0.333 e. The predicted octanol–water partition coefficient (Wildman–Crippen LogP) is 2.18. The van der Waals surface area contributed by atoms with Crippen LogP contribution in [0.4, 0.5) is 11.4 Å². The number of para-hydroxylation sites is 1. The van der Waals surface area contributed by atoms with E-state index in [9.17, 15) is 10.1 Å². The van der Waals surface area contributed by atoms with E-state index in [1.54, 1.807) is 25.1 Å². The molecule has 6 nitrogen and oxygen atoms in total. The van der Waals surface area contributed by atoms with Gasteiger partial charge in [-0.1, -0.05) is 13.0 Å². The van der Waals surface area contributed by atoms with Crippen LogP contribution in [0.1, 0.15) is 20.3 Å². The number of aliphatic hydroxyl groups excluding tert-OH is 1. The summed E-state index contributed by atoms with van der Waals surface area (Å²) in [4.78, 5) is 10.6. The van der Waals surface area contributed by atoms with E-state index < -0.39 is 4.92 Å². The molecule has 1 atom stereocenters. The van der Waals surface area contributed by atoms with E-state index >= 15 is 0 Å². The molecule has 0 aromatic heterocycles. The lowest BCUT2D eigenvalue weighted by molar-refractivity contribution is -0.385. The molecular formula is C12H18N2O4. The molecule has 0 amide bonds. The first-order chi connectivity index (χ1) is 8.60. The van der Waals surface area contributed by atoms with Crippen LogP contribution in [0.2, 0.25) is 0 Å². The third-order valence-electron chi connectivity index (χ3n) is 2.32. The molecular weight excluding hydrogens is 236 g/mol. The Morgan fingerprint density at radius 3 is 2.83 bits per heavy atom. The Balaban J connectivity index is 3.05. The molecule has 100 valence electrons. The van der Waals surface area contributed by atoms with E-state index in [-0.39, 0.29) is 24.1 Å². The first-order valence-corrected chi connectivity index (χ1v) is 5.87. The van der Waals surface area contributed by atoms with Gasteiger partial charge >= 0.3 is 5.69 Å². The zero-order chi connectivity index (χ0) is 13.5. The fraction of sp³-hybridized carbons (Fsp3) is 0.500. The highest BCUT2D eigenvalue weighted by atomic mass is 16.6. The molecule has 0 heterocycles. The molecule has 0 aliphatic heterocycles. The molecule has 0 aliphatic rings. The molecule has 1 rings (SSSR count). The summed E-state index contributed by atoms with van der Waals surface area (Å²) < 4.78 is 5.36. The lowest BCUT2D eigenvalue weighted by Crippen LogP contribution is -2.20. The van der Waals surface area contributed by atoms with Gasteiger partial charge in [0.15, 0.2) is 5.75 Å². The monoisotopic (exact) mass is 254 g/mol. The molecule has 2 N–H and O–H groups in total. The second kappa shape index (κ2) is 6.80. The minimum Gasteiger partial charge on any atom is -0.487 e. The van der Waals surface area contributed by atoms with Crippen molar-refractivity contribution in [2.24, 2.45) is 0 Å². The van der Waals surface area contributed by atoms with Crippen LogP contribution in [-0.4, -0.2) is 29.3 Å². The van der Waals surface area contributed by atoms with Gasteiger partial charge in [-0.25, -0.2) is 0 Å². The Bertz CT molecular complexity index is 409. The average molecular weight is 254 g/mol. The number of nitrogens with one attached hydrogen (secondary N) is 1. The topological polar surface area (TPSA) is 84.6 Å². The van der Waals surface area contributed by atoms with Gasteiger partial charge in [-0.3, -0.25) is 10.1 Å². The summed E-state index contributed by atoms with van der Waals surface area (Å²) in [5, 5.41) is 23.0. The van der Waals surface area contributed by atoms with Crippen LogP contribution >= 0.6 is 0 Å². The number of benzene rings is 1. The van der Waals surface area contributed by atoms with Crippen molar-refractivity contribution in [2.45, 2.75) is 26.3 Å². The number of ether oxygens (including phenoxy) is 1. The summed E-state index contributed by atoms with van der Waals surface area (Å²) in [7, 11) is 0. The van der Waals surface area contributed by atoms with E-state index in [1.807, 2.05) is 6.92 Å². The molecule has 0 fully saturated rings. The van der Waals surface area contributed by atoms with Crippen molar-refractivity contribution in [3.8, 4) is 5.75 Å². The molecule has 0 radical (unpaired) electrons. The van der Waals surface area contributed by atoms with Gasteiger partial charge in [-0.2, -0.15) is 0 Å². The Hall–Kier alpha value is -1.82. The average Bonchev–Trinajstić information content (AvgIpc) is 2.35. The molecule has 0 bridgehead atoms. The number of nitro benzene ring substituents is 1. The van der Waals surface area contributed by atoms with Crippen LogP contribution in [-0.2, 0) is 0 Å². The Labute approximate surface area is 106 Å². The summed E-state index contributed by atoms with van der Waals surface area (Å²) in [5.41, 5.74) is 0.265. The Kier molecular flexibility index (Phi) is 5.38. The van der Waals surface area contributed by atoms with Gasteiger partial charge in [0.1, 0.15) is 5.69 Å². The van der Waals surface area contributed by atoms with Crippen molar-refractivity contribution >= 4 is 11.4 Å². The molecule has 1 unspecified atom stereocenters. The van der Waals surface area contributed by atoms with E-state index in [4.69, 9.17) is 9.84 Å². The fourth-order valence-electron chi connectivity index (χ4n) is 1.47. The summed E-state index contributed by atoms with van der Waals surface area (Å²) in [6, 6.07) is 4.60. The number of nitro groups is 1. The van der Waals surface area contributed by atoms with Gasteiger partial charge in [0.2, 0.25) is 0 Å². The van der Waals surface area contributed by atoms with Crippen LogP contribution < -0.4 is 10.1 Å². The molecule has 1 aromatic carbocycles. The molecule has 6 heteroatoms. The second-order valence-corrected chi connectivity index (χ2v) is 3.99. The van der Waals surface area contributed by atoms with Crippen molar-refractivity contribution in [1.29, 1.82) is 0 Å². The number of aliphatic hydroxyl groups is 1.